The highest BCUT2D eigenvalue weighted by Gasteiger charge is 2.22. The van der Waals surface area contributed by atoms with Gasteiger partial charge in [-0.15, -0.1) is 0 Å². The lowest BCUT2D eigenvalue weighted by molar-refractivity contribution is -0.117. The minimum absolute atomic E-state index is 0.116. The summed E-state index contributed by atoms with van der Waals surface area (Å²) in [7, 11) is 0. The zero-order chi connectivity index (χ0) is 17.9. The Bertz CT molecular complexity index is 934. The lowest BCUT2D eigenvalue weighted by Crippen LogP contribution is -2.47. The number of nitrogens with one attached hydrogen (secondary N) is 2. The minimum Gasteiger partial charge on any atom is -0.368 e. The highest BCUT2D eigenvalue weighted by Crippen LogP contribution is 2.30. The van der Waals surface area contributed by atoms with Crippen molar-refractivity contribution in [2.45, 2.75) is 18.9 Å². The number of carbonyl (C=O) groups excluding carboxylic acids is 1. The SMILES string of the molecule is C=CC(=O)NC1CCCN(c2cnc3[nH]cc(-c4cccnc4)c3c2)C1. The maximum Gasteiger partial charge on any atom is 0.243 e. The summed E-state index contributed by atoms with van der Waals surface area (Å²) in [6.07, 6.45) is 10.8. The third-order valence-electron chi connectivity index (χ3n) is 4.81. The molecule has 1 aliphatic rings. The van der Waals surface area contributed by atoms with E-state index >= 15 is 0 Å². The molecule has 1 fully saturated rings. The Morgan fingerprint density at radius 3 is 3.15 bits per heavy atom. The van der Waals surface area contributed by atoms with Gasteiger partial charge in [-0.3, -0.25) is 9.78 Å². The summed E-state index contributed by atoms with van der Waals surface area (Å²) in [5.74, 6) is -0.116. The van der Waals surface area contributed by atoms with Crippen LogP contribution in [0, 0.1) is 0 Å². The Kier molecular flexibility index (Phi) is 4.39. The van der Waals surface area contributed by atoms with Gasteiger partial charge in [-0.1, -0.05) is 12.6 Å². The number of fused-ring (bicyclic) bond motifs is 1. The molecule has 26 heavy (non-hydrogen) atoms. The molecule has 0 radical (unpaired) electrons. The number of hydrogen-bond acceptors (Lipinski definition) is 4. The molecular weight excluding hydrogens is 326 g/mol. The van der Waals surface area contributed by atoms with Crippen LogP contribution in [-0.4, -0.2) is 40.0 Å². The molecule has 0 spiro atoms. The number of hydrogen-bond donors (Lipinski definition) is 2. The summed E-state index contributed by atoms with van der Waals surface area (Å²) in [5, 5.41) is 4.08. The first-order chi connectivity index (χ1) is 12.7. The fraction of sp³-hybridized carbons (Fsp3) is 0.250. The molecule has 4 rings (SSSR count). The van der Waals surface area contributed by atoms with Crippen molar-refractivity contribution in [3.63, 3.8) is 0 Å². The van der Waals surface area contributed by atoms with Crippen LogP contribution in [0.5, 0.6) is 0 Å². The molecule has 1 aliphatic heterocycles. The van der Waals surface area contributed by atoms with E-state index in [1.54, 1.807) is 6.20 Å². The molecule has 0 saturated carbocycles. The summed E-state index contributed by atoms with van der Waals surface area (Å²) < 4.78 is 0. The van der Waals surface area contributed by atoms with Gasteiger partial charge in [-0.2, -0.15) is 0 Å². The van der Waals surface area contributed by atoms with E-state index < -0.39 is 0 Å². The van der Waals surface area contributed by atoms with Gasteiger partial charge < -0.3 is 15.2 Å². The van der Waals surface area contributed by atoms with Gasteiger partial charge in [0.25, 0.3) is 0 Å². The Morgan fingerprint density at radius 2 is 2.35 bits per heavy atom. The van der Waals surface area contributed by atoms with E-state index in [0.29, 0.717) is 0 Å². The van der Waals surface area contributed by atoms with E-state index in [2.05, 4.69) is 37.8 Å². The summed E-state index contributed by atoms with van der Waals surface area (Å²) >= 11 is 0. The van der Waals surface area contributed by atoms with Crippen LogP contribution in [0.1, 0.15) is 12.8 Å². The Labute approximate surface area is 152 Å². The van der Waals surface area contributed by atoms with Gasteiger partial charge in [0.05, 0.1) is 11.9 Å². The van der Waals surface area contributed by atoms with E-state index in [4.69, 9.17) is 0 Å². The summed E-state index contributed by atoms with van der Waals surface area (Å²) in [4.78, 5) is 25.9. The van der Waals surface area contributed by atoms with Crippen molar-refractivity contribution in [1.29, 1.82) is 0 Å². The first-order valence-electron chi connectivity index (χ1n) is 8.80. The molecular formula is C20H21N5O. The fourth-order valence-corrected chi connectivity index (χ4v) is 3.52. The molecule has 6 nitrogen and oxygen atoms in total. The molecule has 3 aromatic rings. The Hall–Kier alpha value is -3.15. The number of H-pyrrole nitrogens is 1. The fourth-order valence-electron chi connectivity index (χ4n) is 3.52. The van der Waals surface area contributed by atoms with Crippen LogP contribution in [0.3, 0.4) is 0 Å². The average molecular weight is 347 g/mol. The number of pyridine rings is 2. The van der Waals surface area contributed by atoms with Crippen molar-refractivity contribution in [1.82, 2.24) is 20.3 Å². The number of anilines is 1. The van der Waals surface area contributed by atoms with Crippen molar-refractivity contribution >= 4 is 22.6 Å². The first kappa shape index (κ1) is 16.3. The van der Waals surface area contributed by atoms with Gasteiger partial charge in [-0.25, -0.2) is 4.98 Å². The number of nitrogens with zero attached hydrogens (tertiary/aromatic N) is 3. The average Bonchev–Trinajstić information content (AvgIpc) is 3.12. The van der Waals surface area contributed by atoms with Crippen LogP contribution in [-0.2, 0) is 4.79 Å². The minimum atomic E-state index is -0.116. The lowest BCUT2D eigenvalue weighted by Gasteiger charge is -2.34. The molecule has 2 N–H and O–H groups in total. The van der Waals surface area contributed by atoms with Gasteiger partial charge in [0.15, 0.2) is 0 Å². The number of carbonyl (C=O) groups is 1. The lowest BCUT2D eigenvalue weighted by atomic mass is 10.0. The standard InChI is InChI=1S/C20H21N5O/c1-2-19(26)24-15-6-4-8-25(13-15)16-9-17-18(12-23-20(17)22-11-16)14-5-3-7-21-10-14/h2-3,5,7,9-12,15H,1,4,6,8,13H2,(H,22,23)(H,24,26). The van der Waals surface area contributed by atoms with E-state index in [1.807, 2.05) is 30.7 Å². The van der Waals surface area contributed by atoms with Crippen molar-refractivity contribution in [2.24, 2.45) is 0 Å². The normalized spacial score (nSPS) is 17.2. The maximum atomic E-state index is 11.6. The van der Waals surface area contributed by atoms with Crippen molar-refractivity contribution in [3.05, 3.63) is 55.6 Å². The quantitative estimate of drug-likeness (QED) is 0.712. The van der Waals surface area contributed by atoms with Crippen LogP contribution in [0.15, 0.2) is 55.6 Å². The van der Waals surface area contributed by atoms with Gasteiger partial charge in [0.1, 0.15) is 5.65 Å². The Balaban J connectivity index is 1.62. The van der Waals surface area contributed by atoms with Gasteiger partial charge in [0, 0.05) is 54.2 Å². The summed E-state index contributed by atoms with van der Waals surface area (Å²) in [5.41, 5.74) is 4.09. The van der Waals surface area contributed by atoms with Crippen LogP contribution in [0.2, 0.25) is 0 Å². The van der Waals surface area contributed by atoms with Gasteiger partial charge in [-0.05, 0) is 31.1 Å². The summed E-state index contributed by atoms with van der Waals surface area (Å²) in [6.45, 7) is 5.26. The molecule has 0 aromatic carbocycles. The third kappa shape index (κ3) is 3.18. The zero-order valence-electron chi connectivity index (χ0n) is 14.5. The summed E-state index contributed by atoms with van der Waals surface area (Å²) in [6, 6.07) is 6.28. The second-order valence-electron chi connectivity index (χ2n) is 6.53. The van der Waals surface area contributed by atoms with Crippen LogP contribution < -0.4 is 10.2 Å². The zero-order valence-corrected chi connectivity index (χ0v) is 14.5. The van der Waals surface area contributed by atoms with Gasteiger partial charge >= 0.3 is 0 Å². The van der Waals surface area contributed by atoms with Crippen LogP contribution >= 0.6 is 0 Å². The van der Waals surface area contributed by atoms with Gasteiger partial charge in [0.2, 0.25) is 5.91 Å². The number of aromatic amines is 1. The van der Waals surface area contributed by atoms with Crippen LogP contribution in [0.4, 0.5) is 5.69 Å². The topological polar surface area (TPSA) is 73.9 Å². The third-order valence-corrected chi connectivity index (χ3v) is 4.81. The predicted molar refractivity (Wildman–Crippen MR) is 103 cm³/mol. The molecule has 1 unspecified atom stereocenters. The second kappa shape index (κ2) is 7.00. The number of piperidine rings is 1. The molecule has 132 valence electrons. The molecule has 3 aromatic heterocycles. The highest BCUT2D eigenvalue weighted by atomic mass is 16.1. The van der Waals surface area contributed by atoms with Crippen molar-refractivity contribution < 1.29 is 4.79 Å². The molecule has 1 amide bonds. The van der Waals surface area contributed by atoms with E-state index in [9.17, 15) is 4.79 Å². The number of amides is 1. The smallest absolute Gasteiger partial charge is 0.243 e. The molecule has 1 atom stereocenters. The highest BCUT2D eigenvalue weighted by molar-refractivity contribution is 5.95. The van der Waals surface area contributed by atoms with E-state index in [-0.39, 0.29) is 11.9 Å². The first-order valence-corrected chi connectivity index (χ1v) is 8.80. The molecule has 1 saturated heterocycles. The number of aromatic nitrogens is 3. The second-order valence-corrected chi connectivity index (χ2v) is 6.53. The maximum absolute atomic E-state index is 11.6. The largest absolute Gasteiger partial charge is 0.368 e. The monoisotopic (exact) mass is 347 g/mol. The van der Waals surface area contributed by atoms with E-state index in [0.717, 1.165) is 53.8 Å². The van der Waals surface area contributed by atoms with Crippen molar-refractivity contribution in [3.8, 4) is 11.1 Å². The molecule has 6 heteroatoms. The molecule has 4 heterocycles. The number of rotatable bonds is 4. The molecule has 0 bridgehead atoms. The predicted octanol–water partition coefficient (Wildman–Crippen LogP) is 2.90. The Morgan fingerprint density at radius 1 is 1.42 bits per heavy atom. The van der Waals surface area contributed by atoms with Crippen molar-refractivity contribution in [2.75, 3.05) is 18.0 Å². The van der Waals surface area contributed by atoms with E-state index in [1.165, 1.54) is 6.08 Å². The molecule has 0 aliphatic carbocycles. The van der Waals surface area contributed by atoms with Crippen LogP contribution in [0.25, 0.3) is 22.2 Å².